The number of aryl methyl sites for hydroxylation is 2. The highest BCUT2D eigenvalue weighted by atomic mass is 16.1. The van der Waals surface area contributed by atoms with Gasteiger partial charge >= 0.3 is 0 Å². The van der Waals surface area contributed by atoms with Crippen LogP contribution >= 0.6 is 0 Å². The molecule has 1 aromatic rings. The van der Waals surface area contributed by atoms with Crippen molar-refractivity contribution in [2.75, 3.05) is 0 Å². The van der Waals surface area contributed by atoms with Crippen molar-refractivity contribution in [3.63, 3.8) is 0 Å². The Morgan fingerprint density at radius 2 is 1.70 bits per heavy atom. The third-order valence-corrected chi connectivity index (χ3v) is 4.48. The minimum atomic E-state index is -0.751. The van der Waals surface area contributed by atoms with E-state index >= 15 is 0 Å². The van der Waals surface area contributed by atoms with Gasteiger partial charge in [-0.25, -0.2) is 0 Å². The summed E-state index contributed by atoms with van der Waals surface area (Å²) in [5, 5.41) is 9.36. The Hall–Kier alpha value is -1.62. The third-order valence-electron chi connectivity index (χ3n) is 4.48. The number of carbonyl (C=O) groups is 1. The molecule has 1 fully saturated rings. The van der Waals surface area contributed by atoms with Crippen molar-refractivity contribution in [3.05, 3.63) is 34.4 Å². The standard InChI is InChI=1S/C18H23NO/c1-12-9-14(17(3,4)5)10-13(2)15(12)16(20)18(11-19)7-6-8-18/h9-10H,6-8H2,1-5H3. The van der Waals surface area contributed by atoms with E-state index < -0.39 is 5.41 Å². The lowest BCUT2D eigenvalue weighted by Crippen LogP contribution is -2.37. The van der Waals surface area contributed by atoms with Gasteiger partial charge in [-0.3, -0.25) is 4.79 Å². The van der Waals surface area contributed by atoms with Crippen molar-refractivity contribution in [1.29, 1.82) is 5.26 Å². The number of hydrogen-bond acceptors (Lipinski definition) is 2. The van der Waals surface area contributed by atoms with Gasteiger partial charge in [-0.1, -0.05) is 32.9 Å². The first-order valence-corrected chi connectivity index (χ1v) is 7.29. The maximum Gasteiger partial charge on any atom is 0.183 e. The van der Waals surface area contributed by atoms with E-state index in [9.17, 15) is 10.1 Å². The molecule has 0 bridgehead atoms. The fraction of sp³-hybridized carbons (Fsp3) is 0.556. The zero-order valence-corrected chi connectivity index (χ0v) is 13.1. The topological polar surface area (TPSA) is 40.9 Å². The van der Waals surface area contributed by atoms with Gasteiger partial charge in [0.15, 0.2) is 5.78 Å². The number of hydrogen-bond donors (Lipinski definition) is 0. The number of ketones is 1. The molecule has 20 heavy (non-hydrogen) atoms. The molecule has 0 heterocycles. The largest absolute Gasteiger partial charge is 0.292 e. The van der Waals surface area contributed by atoms with Crippen LogP contribution in [-0.2, 0) is 5.41 Å². The molecule has 0 aliphatic heterocycles. The van der Waals surface area contributed by atoms with E-state index in [0.29, 0.717) is 12.8 Å². The van der Waals surface area contributed by atoms with Crippen molar-refractivity contribution in [1.82, 2.24) is 0 Å². The van der Waals surface area contributed by atoms with Gasteiger partial charge < -0.3 is 0 Å². The van der Waals surface area contributed by atoms with Gasteiger partial charge in [0.1, 0.15) is 5.41 Å². The zero-order chi connectivity index (χ0) is 15.1. The van der Waals surface area contributed by atoms with Crippen molar-refractivity contribution < 1.29 is 4.79 Å². The normalized spacial score (nSPS) is 17.2. The van der Waals surface area contributed by atoms with Gasteiger partial charge in [0.25, 0.3) is 0 Å². The fourth-order valence-electron chi connectivity index (χ4n) is 2.91. The van der Waals surface area contributed by atoms with E-state index in [0.717, 1.165) is 23.1 Å². The van der Waals surface area contributed by atoms with Crippen LogP contribution in [0.3, 0.4) is 0 Å². The summed E-state index contributed by atoms with van der Waals surface area (Å²) >= 11 is 0. The summed E-state index contributed by atoms with van der Waals surface area (Å²) in [5.74, 6) is 0.0294. The highest BCUT2D eigenvalue weighted by Gasteiger charge is 2.45. The first-order valence-electron chi connectivity index (χ1n) is 7.29. The molecule has 0 unspecified atom stereocenters. The predicted molar refractivity (Wildman–Crippen MR) is 80.8 cm³/mol. The van der Waals surface area contributed by atoms with Crippen LogP contribution in [0.25, 0.3) is 0 Å². The molecule has 1 aliphatic rings. The summed E-state index contributed by atoms with van der Waals surface area (Å²) in [5.41, 5.74) is 3.32. The average Bonchev–Trinajstić information content (AvgIpc) is 2.25. The molecule has 0 aromatic heterocycles. The molecular weight excluding hydrogens is 246 g/mol. The second kappa shape index (κ2) is 4.74. The Morgan fingerprint density at radius 3 is 2.00 bits per heavy atom. The molecule has 2 rings (SSSR count). The van der Waals surface area contributed by atoms with Crippen LogP contribution < -0.4 is 0 Å². The molecule has 1 aliphatic carbocycles. The molecule has 0 saturated heterocycles. The molecule has 1 saturated carbocycles. The van der Waals surface area contributed by atoms with Crippen LogP contribution in [0.2, 0.25) is 0 Å². The van der Waals surface area contributed by atoms with Gasteiger partial charge in [-0.2, -0.15) is 5.26 Å². The minimum absolute atomic E-state index is 0.0294. The molecule has 2 heteroatoms. The van der Waals surface area contributed by atoms with E-state index in [-0.39, 0.29) is 11.2 Å². The number of carbonyl (C=O) groups excluding carboxylic acids is 1. The lowest BCUT2D eigenvalue weighted by molar-refractivity contribution is 0.0747. The summed E-state index contributed by atoms with van der Waals surface area (Å²) in [7, 11) is 0. The zero-order valence-electron chi connectivity index (χ0n) is 13.1. The average molecular weight is 269 g/mol. The number of nitrogens with zero attached hydrogens (tertiary/aromatic N) is 1. The quantitative estimate of drug-likeness (QED) is 0.743. The first kappa shape index (κ1) is 14.8. The van der Waals surface area contributed by atoms with E-state index in [1.807, 2.05) is 13.8 Å². The Bertz CT molecular complexity index is 572. The number of nitriles is 1. The van der Waals surface area contributed by atoms with E-state index in [1.165, 1.54) is 5.56 Å². The molecule has 1 aromatic carbocycles. The van der Waals surface area contributed by atoms with E-state index in [1.54, 1.807) is 0 Å². The van der Waals surface area contributed by atoms with Gasteiger partial charge in [-0.05, 0) is 55.2 Å². The van der Waals surface area contributed by atoms with Crippen LogP contribution in [0.15, 0.2) is 12.1 Å². The van der Waals surface area contributed by atoms with Crippen LogP contribution in [0, 0.1) is 30.6 Å². The highest BCUT2D eigenvalue weighted by molar-refractivity contribution is 6.05. The van der Waals surface area contributed by atoms with E-state index in [4.69, 9.17) is 0 Å². The first-order chi connectivity index (χ1) is 9.21. The third kappa shape index (κ3) is 2.26. The molecule has 0 atom stereocenters. The second-order valence-corrected chi connectivity index (χ2v) is 7.11. The number of Topliss-reactive ketones (excluding diaryl/α,β-unsaturated/α-hetero) is 1. The molecule has 0 amide bonds. The van der Waals surface area contributed by atoms with Gasteiger partial charge in [0.05, 0.1) is 6.07 Å². The summed E-state index contributed by atoms with van der Waals surface area (Å²) in [6.45, 7) is 10.5. The number of rotatable bonds is 2. The summed E-state index contributed by atoms with van der Waals surface area (Å²) in [4.78, 5) is 12.8. The van der Waals surface area contributed by atoms with Gasteiger partial charge in [0, 0.05) is 5.56 Å². The fourth-order valence-corrected chi connectivity index (χ4v) is 2.91. The smallest absolute Gasteiger partial charge is 0.183 e. The summed E-state index contributed by atoms with van der Waals surface area (Å²) in [6.07, 6.45) is 2.40. The molecule has 0 radical (unpaired) electrons. The Kier molecular flexibility index (Phi) is 3.50. The maximum atomic E-state index is 12.8. The highest BCUT2D eigenvalue weighted by Crippen LogP contribution is 2.44. The van der Waals surface area contributed by atoms with Crippen LogP contribution in [-0.4, -0.2) is 5.78 Å². The predicted octanol–water partition coefficient (Wildman–Crippen LogP) is 4.48. The molecule has 2 nitrogen and oxygen atoms in total. The molecular formula is C18H23NO. The van der Waals surface area contributed by atoms with Crippen molar-refractivity contribution in [2.45, 2.75) is 59.3 Å². The lowest BCUT2D eigenvalue weighted by Gasteiger charge is -2.34. The van der Waals surface area contributed by atoms with Gasteiger partial charge in [0.2, 0.25) is 0 Å². The monoisotopic (exact) mass is 269 g/mol. The maximum absolute atomic E-state index is 12.8. The minimum Gasteiger partial charge on any atom is -0.292 e. The summed E-state index contributed by atoms with van der Waals surface area (Å²) in [6, 6.07) is 6.47. The SMILES string of the molecule is Cc1cc(C(C)(C)C)cc(C)c1C(=O)C1(C#N)CCC1. The Morgan fingerprint density at radius 1 is 1.20 bits per heavy atom. The molecule has 0 spiro atoms. The Balaban J connectivity index is 2.49. The second-order valence-electron chi connectivity index (χ2n) is 7.11. The van der Waals surface area contributed by atoms with E-state index in [2.05, 4.69) is 39.0 Å². The van der Waals surface area contributed by atoms with Crippen molar-refractivity contribution in [3.8, 4) is 6.07 Å². The lowest BCUT2D eigenvalue weighted by atomic mass is 9.64. The van der Waals surface area contributed by atoms with Crippen LogP contribution in [0.4, 0.5) is 0 Å². The van der Waals surface area contributed by atoms with Gasteiger partial charge in [-0.15, -0.1) is 0 Å². The van der Waals surface area contributed by atoms with Crippen LogP contribution in [0.5, 0.6) is 0 Å². The van der Waals surface area contributed by atoms with Crippen molar-refractivity contribution >= 4 is 5.78 Å². The number of benzene rings is 1. The van der Waals surface area contributed by atoms with Crippen molar-refractivity contribution in [2.24, 2.45) is 5.41 Å². The Labute approximate surface area is 121 Å². The summed E-state index contributed by atoms with van der Waals surface area (Å²) < 4.78 is 0. The van der Waals surface area contributed by atoms with Crippen LogP contribution in [0.1, 0.15) is 67.1 Å². The molecule has 106 valence electrons. The molecule has 0 N–H and O–H groups in total.